The second-order valence-corrected chi connectivity index (χ2v) is 8.01. The Morgan fingerprint density at radius 2 is 2.11 bits per heavy atom. The maximum absolute atomic E-state index is 10.3. The largest absolute Gasteiger partial charge is 0.493 e. The Morgan fingerprint density at radius 1 is 1.33 bits per heavy atom. The van der Waals surface area contributed by atoms with E-state index in [2.05, 4.69) is 22.9 Å². The third kappa shape index (κ3) is 3.40. The van der Waals surface area contributed by atoms with Crippen LogP contribution in [0.25, 0.3) is 16.2 Å². The first-order valence-electron chi connectivity index (χ1n) is 9.29. The fourth-order valence-corrected chi connectivity index (χ4v) is 4.37. The van der Waals surface area contributed by atoms with Gasteiger partial charge in [-0.15, -0.1) is 5.10 Å². The van der Waals surface area contributed by atoms with Gasteiger partial charge in [-0.1, -0.05) is 23.0 Å². The van der Waals surface area contributed by atoms with Crippen LogP contribution in [0.2, 0.25) is 0 Å². The Labute approximate surface area is 162 Å². The Balaban J connectivity index is 1.67. The predicted octanol–water partition coefficient (Wildman–Crippen LogP) is 2.45. The number of imidazole rings is 1. The molecule has 1 aliphatic rings. The average Bonchev–Trinajstić information content (AvgIpc) is 3.25. The molecule has 0 radical (unpaired) electrons. The van der Waals surface area contributed by atoms with E-state index in [0.717, 1.165) is 45.8 Å². The van der Waals surface area contributed by atoms with Gasteiger partial charge in [0.05, 0.1) is 24.1 Å². The molecule has 144 valence electrons. The first-order chi connectivity index (χ1) is 13.0. The minimum atomic E-state index is -0.743. The van der Waals surface area contributed by atoms with Crippen molar-refractivity contribution in [1.29, 1.82) is 0 Å². The normalized spacial score (nSPS) is 16.8. The molecule has 7 nitrogen and oxygen atoms in total. The van der Waals surface area contributed by atoms with Crippen molar-refractivity contribution in [2.75, 3.05) is 31.1 Å². The zero-order chi connectivity index (χ0) is 19.0. The van der Waals surface area contributed by atoms with Gasteiger partial charge in [-0.2, -0.15) is 0 Å². The summed E-state index contributed by atoms with van der Waals surface area (Å²) in [5, 5.41) is 16.1. The molecule has 0 atom stereocenters. The first-order valence-corrected chi connectivity index (χ1v) is 10.1. The number of aliphatic hydroxyl groups is 1. The second kappa shape index (κ2) is 7.10. The number of benzene rings is 1. The molecule has 1 aliphatic heterocycles. The molecule has 27 heavy (non-hydrogen) atoms. The van der Waals surface area contributed by atoms with E-state index in [9.17, 15) is 5.11 Å². The van der Waals surface area contributed by atoms with E-state index < -0.39 is 5.60 Å². The van der Waals surface area contributed by atoms with Crippen LogP contribution < -0.4 is 15.4 Å². The van der Waals surface area contributed by atoms with Crippen LogP contribution in [0.3, 0.4) is 0 Å². The molecular formula is C19H25N5O2S. The Bertz CT molecular complexity index is 943. The van der Waals surface area contributed by atoms with Gasteiger partial charge >= 0.3 is 0 Å². The maximum atomic E-state index is 10.3. The van der Waals surface area contributed by atoms with Crippen molar-refractivity contribution < 1.29 is 9.84 Å². The van der Waals surface area contributed by atoms with E-state index in [-0.39, 0.29) is 0 Å². The quantitative estimate of drug-likeness (QED) is 0.699. The number of rotatable bonds is 5. The third-order valence-electron chi connectivity index (χ3n) is 5.13. The summed E-state index contributed by atoms with van der Waals surface area (Å²) in [6, 6.07) is 6.15. The molecule has 0 saturated carbocycles. The molecule has 3 heterocycles. The lowest BCUT2D eigenvalue weighted by atomic mass is 9.92. The highest BCUT2D eigenvalue weighted by Gasteiger charge is 2.32. The number of nitrogens with zero attached hydrogens (tertiary/aromatic N) is 4. The number of hydrogen-bond acceptors (Lipinski definition) is 7. The molecule has 8 heteroatoms. The van der Waals surface area contributed by atoms with Gasteiger partial charge in [0.15, 0.2) is 0 Å². The highest BCUT2D eigenvalue weighted by atomic mass is 32.1. The molecule has 3 N–H and O–H groups in total. The zero-order valence-corrected chi connectivity index (χ0v) is 16.5. The number of fused-ring (bicyclic) bond motifs is 1. The molecule has 0 spiro atoms. The number of anilines is 1. The third-order valence-corrected chi connectivity index (χ3v) is 6.11. The van der Waals surface area contributed by atoms with E-state index in [1.165, 1.54) is 0 Å². The van der Waals surface area contributed by atoms with Crippen molar-refractivity contribution >= 4 is 21.4 Å². The average molecular weight is 388 g/mol. The van der Waals surface area contributed by atoms with E-state index in [0.29, 0.717) is 26.0 Å². The van der Waals surface area contributed by atoms with Crippen molar-refractivity contribution in [3.05, 3.63) is 30.0 Å². The van der Waals surface area contributed by atoms with E-state index in [1.807, 2.05) is 29.8 Å². The Hall–Kier alpha value is -2.16. The molecule has 4 rings (SSSR count). The summed E-state index contributed by atoms with van der Waals surface area (Å²) in [7, 11) is 0. The lowest BCUT2D eigenvalue weighted by Gasteiger charge is -2.37. The molecular weight excluding hydrogens is 362 g/mol. The smallest absolute Gasteiger partial charge is 0.214 e. The molecule has 3 aromatic rings. The van der Waals surface area contributed by atoms with Crippen LogP contribution in [0.4, 0.5) is 5.13 Å². The first kappa shape index (κ1) is 18.2. The van der Waals surface area contributed by atoms with Crippen LogP contribution in [-0.2, 0) is 0 Å². The predicted molar refractivity (Wildman–Crippen MR) is 108 cm³/mol. The molecule has 0 bridgehead atoms. The summed E-state index contributed by atoms with van der Waals surface area (Å²) in [6.45, 7) is 6.45. The van der Waals surface area contributed by atoms with Gasteiger partial charge in [0, 0.05) is 25.2 Å². The van der Waals surface area contributed by atoms with Gasteiger partial charge in [0.2, 0.25) is 10.1 Å². The van der Waals surface area contributed by atoms with Crippen LogP contribution in [0.1, 0.15) is 25.3 Å². The van der Waals surface area contributed by atoms with Crippen LogP contribution in [0.15, 0.2) is 24.4 Å². The van der Waals surface area contributed by atoms with Crippen LogP contribution >= 0.6 is 11.3 Å². The number of nitrogens with two attached hydrogens (primary N) is 1. The summed E-state index contributed by atoms with van der Waals surface area (Å²) in [5.74, 6) is 0.838. The molecule has 1 saturated heterocycles. The van der Waals surface area contributed by atoms with Gasteiger partial charge < -0.3 is 20.5 Å². The van der Waals surface area contributed by atoms with Crippen molar-refractivity contribution in [2.45, 2.75) is 32.3 Å². The van der Waals surface area contributed by atoms with Gasteiger partial charge in [0.1, 0.15) is 5.75 Å². The summed E-state index contributed by atoms with van der Waals surface area (Å²) in [6.07, 6.45) is 3.17. The van der Waals surface area contributed by atoms with E-state index in [4.69, 9.17) is 15.6 Å². The molecule has 0 aliphatic carbocycles. The van der Waals surface area contributed by atoms with E-state index in [1.54, 1.807) is 11.3 Å². The van der Waals surface area contributed by atoms with Crippen molar-refractivity contribution in [1.82, 2.24) is 14.6 Å². The highest BCUT2D eigenvalue weighted by Crippen LogP contribution is 2.35. The van der Waals surface area contributed by atoms with Crippen molar-refractivity contribution in [2.24, 2.45) is 5.73 Å². The van der Waals surface area contributed by atoms with Gasteiger partial charge in [0.25, 0.3) is 0 Å². The summed E-state index contributed by atoms with van der Waals surface area (Å²) in [5.41, 5.74) is 8.04. The lowest BCUT2D eigenvalue weighted by molar-refractivity contribution is 0.0249. The number of piperidine rings is 1. The van der Waals surface area contributed by atoms with Gasteiger partial charge in [-0.3, -0.25) is 0 Å². The minimum Gasteiger partial charge on any atom is -0.493 e. The monoisotopic (exact) mass is 387 g/mol. The van der Waals surface area contributed by atoms with Crippen molar-refractivity contribution in [3.8, 4) is 17.0 Å². The standard InChI is InChI=1S/C19H25N5O2S/c1-3-26-16-5-4-13(2)10-14(16)15-11-21-17-24(15)22-18(27-17)23-8-6-19(25,12-20)7-9-23/h4-5,10-11,25H,3,6-9,12,20H2,1-2H3. The molecule has 2 aromatic heterocycles. The number of aromatic nitrogens is 3. The Morgan fingerprint density at radius 3 is 2.81 bits per heavy atom. The number of aryl methyl sites for hydroxylation is 1. The second-order valence-electron chi connectivity index (χ2n) is 7.07. The lowest BCUT2D eigenvalue weighted by Crippen LogP contribution is -2.48. The topological polar surface area (TPSA) is 88.9 Å². The van der Waals surface area contributed by atoms with Crippen LogP contribution in [0.5, 0.6) is 5.75 Å². The maximum Gasteiger partial charge on any atom is 0.214 e. The molecule has 1 fully saturated rings. The summed E-state index contributed by atoms with van der Waals surface area (Å²) < 4.78 is 7.70. The fraction of sp³-hybridized carbons (Fsp3) is 0.474. The SMILES string of the molecule is CCOc1ccc(C)cc1-c1cnc2sc(N3CCC(O)(CN)CC3)nn12. The highest BCUT2D eigenvalue weighted by molar-refractivity contribution is 7.20. The van der Waals surface area contributed by atoms with Gasteiger partial charge in [-0.25, -0.2) is 9.50 Å². The van der Waals surface area contributed by atoms with Crippen molar-refractivity contribution in [3.63, 3.8) is 0 Å². The van der Waals surface area contributed by atoms with Gasteiger partial charge in [-0.05, 0) is 38.8 Å². The minimum absolute atomic E-state index is 0.305. The number of hydrogen-bond donors (Lipinski definition) is 2. The summed E-state index contributed by atoms with van der Waals surface area (Å²) in [4.78, 5) is 7.61. The van der Waals surface area contributed by atoms with E-state index >= 15 is 0 Å². The molecule has 0 unspecified atom stereocenters. The zero-order valence-electron chi connectivity index (χ0n) is 15.7. The van der Waals surface area contributed by atoms with Crippen LogP contribution in [-0.4, -0.2) is 51.5 Å². The number of ether oxygens (including phenoxy) is 1. The fourth-order valence-electron chi connectivity index (χ4n) is 3.44. The Kier molecular flexibility index (Phi) is 4.79. The molecule has 1 aromatic carbocycles. The van der Waals surface area contributed by atoms with Crippen LogP contribution in [0, 0.1) is 6.92 Å². The molecule has 0 amide bonds. The summed E-state index contributed by atoms with van der Waals surface area (Å²) >= 11 is 1.56.